The van der Waals surface area contributed by atoms with Crippen LogP contribution in [0, 0.1) is 11.3 Å². The summed E-state index contributed by atoms with van der Waals surface area (Å²) >= 11 is 0. The standard InChI is InChI=1S/C3H3NO2.C3H4O/c4-2-1-3(5)6;1-2-3-4/h1H2,(H,5,6);2-3H,1H2. The average Bonchev–Trinajstić information content (AvgIpc) is 1.89. The maximum absolute atomic E-state index is 9.38. The Hall–Kier alpha value is -1.63. The van der Waals surface area contributed by atoms with Gasteiger partial charge in [-0.2, -0.15) is 5.26 Å². The smallest absolute Gasteiger partial charge is 0.317 e. The first kappa shape index (κ1) is 11.2. The van der Waals surface area contributed by atoms with Crippen molar-refractivity contribution >= 4 is 12.3 Å². The Morgan fingerprint density at radius 3 is 2.20 bits per heavy atom. The van der Waals surface area contributed by atoms with Gasteiger partial charge in [-0.25, -0.2) is 0 Å². The third kappa shape index (κ3) is 32.7. The zero-order chi connectivity index (χ0) is 8.41. The van der Waals surface area contributed by atoms with Crippen molar-refractivity contribution < 1.29 is 14.7 Å². The molecule has 4 heteroatoms. The zero-order valence-electron chi connectivity index (χ0n) is 5.28. The second-order valence-electron chi connectivity index (χ2n) is 1.10. The largest absolute Gasteiger partial charge is 0.480 e. The fourth-order valence-electron chi connectivity index (χ4n) is 0.0676. The number of carboxylic acids is 1. The van der Waals surface area contributed by atoms with Crippen molar-refractivity contribution in [1.82, 2.24) is 0 Å². The summed E-state index contributed by atoms with van der Waals surface area (Å²) in [6, 6.07) is 1.47. The molecule has 0 aliphatic carbocycles. The molecule has 0 saturated carbocycles. The number of nitriles is 1. The molecule has 0 fully saturated rings. The molecule has 0 rings (SSSR count). The lowest BCUT2D eigenvalue weighted by Crippen LogP contribution is -1.88. The van der Waals surface area contributed by atoms with E-state index in [2.05, 4.69) is 6.58 Å². The van der Waals surface area contributed by atoms with E-state index >= 15 is 0 Å². The number of rotatable bonds is 2. The van der Waals surface area contributed by atoms with E-state index in [9.17, 15) is 4.79 Å². The molecule has 4 nitrogen and oxygen atoms in total. The van der Waals surface area contributed by atoms with Crippen molar-refractivity contribution in [3.63, 3.8) is 0 Å². The molecule has 10 heavy (non-hydrogen) atoms. The molecule has 0 spiro atoms. The molecule has 0 unspecified atom stereocenters. The lowest BCUT2D eigenvalue weighted by molar-refractivity contribution is -0.135. The van der Waals surface area contributed by atoms with E-state index in [0.717, 1.165) is 0 Å². The number of nitrogens with zero attached hydrogens (tertiary/aromatic N) is 1. The van der Waals surface area contributed by atoms with Crippen LogP contribution in [-0.4, -0.2) is 17.4 Å². The van der Waals surface area contributed by atoms with Gasteiger partial charge in [0.15, 0.2) is 0 Å². The predicted octanol–water partition coefficient (Wildman–Crippen LogP) is 0.356. The van der Waals surface area contributed by atoms with E-state index in [1.165, 1.54) is 12.1 Å². The Labute approximate surface area is 58.4 Å². The minimum absolute atomic E-state index is 0.403. The van der Waals surface area contributed by atoms with Gasteiger partial charge >= 0.3 is 5.97 Å². The van der Waals surface area contributed by atoms with Gasteiger partial charge in [0.2, 0.25) is 0 Å². The Morgan fingerprint density at radius 1 is 1.80 bits per heavy atom. The Balaban J connectivity index is 0. The monoisotopic (exact) mass is 141 g/mol. The maximum atomic E-state index is 9.38. The minimum Gasteiger partial charge on any atom is -0.480 e. The first-order valence-corrected chi connectivity index (χ1v) is 2.34. The summed E-state index contributed by atoms with van der Waals surface area (Å²) in [5, 5.41) is 15.3. The van der Waals surface area contributed by atoms with Gasteiger partial charge in [0.1, 0.15) is 12.7 Å². The van der Waals surface area contributed by atoms with E-state index in [0.29, 0.717) is 6.29 Å². The van der Waals surface area contributed by atoms with Gasteiger partial charge in [-0.15, -0.1) is 0 Å². The van der Waals surface area contributed by atoms with E-state index in [1.807, 2.05) is 0 Å². The first-order chi connectivity index (χ1) is 4.68. The number of carbonyl (C=O) groups excluding carboxylic acids is 1. The number of carboxylic acid groups (broad SMARTS) is 1. The van der Waals surface area contributed by atoms with Gasteiger partial charge in [0, 0.05) is 0 Å². The van der Waals surface area contributed by atoms with Crippen molar-refractivity contribution in [3.8, 4) is 6.07 Å². The molecule has 0 aromatic rings. The summed E-state index contributed by atoms with van der Waals surface area (Å²) in [4.78, 5) is 18.4. The van der Waals surface area contributed by atoms with Crippen LogP contribution in [0.25, 0.3) is 0 Å². The summed E-state index contributed by atoms with van der Waals surface area (Å²) < 4.78 is 0. The number of hydrogen-bond donors (Lipinski definition) is 1. The normalized spacial score (nSPS) is 5.90. The summed E-state index contributed by atoms with van der Waals surface area (Å²) in [6.45, 7) is 3.11. The number of aldehydes is 1. The Bertz CT molecular complexity index is 151. The topological polar surface area (TPSA) is 78.2 Å². The second-order valence-corrected chi connectivity index (χ2v) is 1.10. The van der Waals surface area contributed by atoms with Gasteiger partial charge in [0.25, 0.3) is 0 Å². The molecule has 0 bridgehead atoms. The van der Waals surface area contributed by atoms with Crippen LogP contribution in [0.15, 0.2) is 12.7 Å². The van der Waals surface area contributed by atoms with Gasteiger partial charge < -0.3 is 5.11 Å². The molecule has 0 saturated heterocycles. The number of hydrogen-bond acceptors (Lipinski definition) is 3. The van der Waals surface area contributed by atoms with Crippen LogP contribution in [0.3, 0.4) is 0 Å². The molecule has 0 heterocycles. The van der Waals surface area contributed by atoms with Crippen LogP contribution >= 0.6 is 0 Å². The third-order valence-corrected chi connectivity index (χ3v) is 0.327. The first-order valence-electron chi connectivity index (χ1n) is 2.34. The molecule has 0 aromatic carbocycles. The molecule has 0 aliphatic rings. The van der Waals surface area contributed by atoms with Crippen molar-refractivity contribution in [2.24, 2.45) is 0 Å². The van der Waals surface area contributed by atoms with Gasteiger partial charge in [-0.05, 0) is 6.08 Å². The number of aliphatic carboxylic acids is 1. The molecule has 0 atom stereocenters. The summed E-state index contributed by atoms with van der Waals surface area (Å²) in [7, 11) is 0. The third-order valence-electron chi connectivity index (χ3n) is 0.327. The van der Waals surface area contributed by atoms with E-state index < -0.39 is 12.4 Å². The zero-order valence-corrected chi connectivity index (χ0v) is 5.28. The van der Waals surface area contributed by atoms with Crippen LogP contribution in [0.1, 0.15) is 6.42 Å². The number of allylic oxidation sites excluding steroid dienone is 1. The highest BCUT2D eigenvalue weighted by Crippen LogP contribution is 1.68. The highest BCUT2D eigenvalue weighted by atomic mass is 16.4. The highest BCUT2D eigenvalue weighted by molar-refractivity contribution is 5.69. The molecule has 0 aliphatic heterocycles. The molecule has 0 aromatic heterocycles. The van der Waals surface area contributed by atoms with Crippen molar-refractivity contribution in [2.75, 3.05) is 0 Å². The summed E-state index contributed by atoms with van der Waals surface area (Å²) in [5.41, 5.74) is 0. The lowest BCUT2D eigenvalue weighted by Gasteiger charge is -1.70. The predicted molar refractivity (Wildman–Crippen MR) is 34.1 cm³/mol. The molecular formula is C6H7NO3. The van der Waals surface area contributed by atoms with Crippen LogP contribution in [0.2, 0.25) is 0 Å². The summed E-state index contributed by atoms with van der Waals surface area (Å²) in [6.07, 6.45) is 1.43. The summed E-state index contributed by atoms with van der Waals surface area (Å²) in [5.74, 6) is -1.07. The van der Waals surface area contributed by atoms with Crippen molar-refractivity contribution in [1.29, 1.82) is 5.26 Å². The lowest BCUT2D eigenvalue weighted by atomic mass is 10.5. The Kier molecular flexibility index (Phi) is 11.6. The van der Waals surface area contributed by atoms with Crippen molar-refractivity contribution in [3.05, 3.63) is 12.7 Å². The second kappa shape index (κ2) is 10.4. The van der Waals surface area contributed by atoms with E-state index in [1.54, 1.807) is 0 Å². The Morgan fingerprint density at radius 2 is 2.20 bits per heavy atom. The average molecular weight is 141 g/mol. The van der Waals surface area contributed by atoms with Crippen LogP contribution in [-0.2, 0) is 9.59 Å². The maximum Gasteiger partial charge on any atom is 0.317 e. The van der Waals surface area contributed by atoms with Crippen LogP contribution < -0.4 is 0 Å². The quantitative estimate of drug-likeness (QED) is 0.444. The highest BCUT2D eigenvalue weighted by Gasteiger charge is 1.87. The minimum atomic E-state index is -1.07. The fourth-order valence-corrected chi connectivity index (χ4v) is 0.0676. The molecule has 0 radical (unpaired) electrons. The molecular weight excluding hydrogens is 134 g/mol. The van der Waals surface area contributed by atoms with Gasteiger partial charge in [-0.1, -0.05) is 6.58 Å². The van der Waals surface area contributed by atoms with Crippen molar-refractivity contribution in [2.45, 2.75) is 6.42 Å². The fraction of sp³-hybridized carbons (Fsp3) is 0.167. The molecule has 1 N–H and O–H groups in total. The molecule has 0 amide bonds. The number of carbonyl (C=O) groups is 2. The van der Waals surface area contributed by atoms with Gasteiger partial charge in [0.05, 0.1) is 6.07 Å². The van der Waals surface area contributed by atoms with Gasteiger partial charge in [-0.3, -0.25) is 9.59 Å². The SMILES string of the molecule is C=CC=O.N#CCC(=O)O. The van der Waals surface area contributed by atoms with Crippen LogP contribution in [0.4, 0.5) is 0 Å². The van der Waals surface area contributed by atoms with E-state index in [4.69, 9.17) is 15.2 Å². The van der Waals surface area contributed by atoms with Crippen LogP contribution in [0.5, 0.6) is 0 Å². The molecule has 54 valence electrons. The van der Waals surface area contributed by atoms with E-state index in [-0.39, 0.29) is 0 Å².